The molecule has 5 aliphatic rings. The largest absolute Gasteiger partial charge is 0.388 e. The van der Waals surface area contributed by atoms with E-state index in [1.807, 2.05) is 53.8 Å². The first kappa shape index (κ1) is 46.5. The van der Waals surface area contributed by atoms with Crippen LogP contribution in [0.15, 0.2) is 82.7 Å². The van der Waals surface area contributed by atoms with Crippen molar-refractivity contribution >= 4 is 56.7 Å². The third kappa shape index (κ3) is 8.66. The van der Waals surface area contributed by atoms with Gasteiger partial charge in [0.1, 0.15) is 17.5 Å². The number of amides is 3. The number of halogens is 1. The highest BCUT2D eigenvalue weighted by atomic mass is 19.1. The third-order valence-electron chi connectivity index (χ3n) is 16.0. The normalized spacial score (nSPS) is 20.2. The summed E-state index contributed by atoms with van der Waals surface area (Å²) in [4.78, 5) is 79.2. The van der Waals surface area contributed by atoms with Crippen LogP contribution in [0.25, 0.3) is 33.3 Å². The van der Waals surface area contributed by atoms with Gasteiger partial charge in [-0.1, -0.05) is 6.08 Å². The van der Waals surface area contributed by atoms with E-state index >= 15 is 4.39 Å². The van der Waals surface area contributed by atoms with Gasteiger partial charge in [0.2, 0.25) is 11.8 Å². The molecule has 6 aromatic rings. The molecule has 16 nitrogen and oxygen atoms in total. The summed E-state index contributed by atoms with van der Waals surface area (Å²) in [7, 11) is 3.79. The minimum Gasteiger partial charge on any atom is -0.388 e. The maximum Gasteiger partial charge on any atom is 0.330 e. The van der Waals surface area contributed by atoms with E-state index in [-0.39, 0.29) is 47.4 Å². The number of piperidine rings is 2. The molecule has 2 N–H and O–H groups in total. The molecule has 4 aliphatic heterocycles. The van der Waals surface area contributed by atoms with E-state index in [1.165, 1.54) is 6.07 Å². The molecule has 370 valence electrons. The van der Waals surface area contributed by atoms with Crippen LogP contribution in [0, 0.1) is 18.7 Å². The monoisotopic (exact) mass is 963 g/mol. The minimum absolute atomic E-state index is 0.0297. The molecule has 2 aromatic carbocycles. The summed E-state index contributed by atoms with van der Waals surface area (Å²) in [5.74, 6) is -0.726. The van der Waals surface area contributed by atoms with Crippen molar-refractivity contribution < 1.29 is 18.8 Å². The number of hydrogen-bond donors (Lipinski definition) is 2. The predicted octanol–water partition coefficient (Wildman–Crippen LogP) is 6.17. The van der Waals surface area contributed by atoms with Crippen molar-refractivity contribution in [2.75, 3.05) is 76.2 Å². The Morgan fingerprint density at radius 1 is 0.873 bits per heavy atom. The zero-order chi connectivity index (χ0) is 49.2. The van der Waals surface area contributed by atoms with E-state index in [9.17, 15) is 24.0 Å². The topological polar surface area (TPSA) is 155 Å². The van der Waals surface area contributed by atoms with Crippen molar-refractivity contribution in [3.63, 3.8) is 0 Å². The van der Waals surface area contributed by atoms with E-state index in [1.54, 1.807) is 34.6 Å². The fourth-order valence-corrected chi connectivity index (χ4v) is 11.8. The standard InChI is InChI=1S/C54H62FN11O5/c1-33-27-37(28-42(55)50(33)36-14-20-61(21-15-36)34(2)46-31-41-43(11-17-57-51(41)59(46)4)64-22-16-38(56-3)29-49(64)68)53(70)63-18-12-35(13-19-63)32-60-23-25-62(26-24-60)40-7-8-44-47(30-40)65(39-5-6-39)54(71)66(44)45-9-10-48(67)58-52(45)69/h7-8,11,14,16-17,22,27-31,34-35,39,45,56H,5-6,9-10,12-13,15,18-21,23-26,32H2,1-4H3,(H,58,67,69)/t34-,45+/m0/s1. The molecule has 0 radical (unpaired) electrons. The fraction of sp³-hybridized carbons (Fsp3) is 0.444. The number of rotatable bonds is 11. The smallest absolute Gasteiger partial charge is 0.330 e. The number of nitrogens with one attached hydrogen (secondary N) is 2. The number of aryl methyl sites for hydroxylation is 2. The lowest BCUT2D eigenvalue weighted by Crippen LogP contribution is -2.49. The molecular weight excluding hydrogens is 902 g/mol. The van der Waals surface area contributed by atoms with Crippen LogP contribution in [0.1, 0.15) is 97.2 Å². The second-order valence-corrected chi connectivity index (χ2v) is 20.3. The third-order valence-corrected chi connectivity index (χ3v) is 16.0. The highest BCUT2D eigenvalue weighted by Crippen LogP contribution is 2.39. The maximum absolute atomic E-state index is 16.1. The number of pyridine rings is 2. The number of imide groups is 1. The Morgan fingerprint density at radius 2 is 1.66 bits per heavy atom. The molecule has 0 spiro atoms. The van der Waals surface area contributed by atoms with Crippen LogP contribution in [-0.2, 0) is 16.6 Å². The van der Waals surface area contributed by atoms with Crippen LogP contribution in [0.3, 0.4) is 0 Å². The zero-order valence-electron chi connectivity index (χ0n) is 41.0. The molecule has 11 rings (SSSR count). The summed E-state index contributed by atoms with van der Waals surface area (Å²) in [6.07, 6.45) is 10.5. The predicted molar refractivity (Wildman–Crippen MR) is 273 cm³/mol. The molecule has 71 heavy (non-hydrogen) atoms. The van der Waals surface area contributed by atoms with Crippen molar-refractivity contribution in [1.82, 2.24) is 43.3 Å². The Balaban J connectivity index is 0.686. The molecule has 1 saturated carbocycles. The van der Waals surface area contributed by atoms with Crippen molar-refractivity contribution in [2.45, 2.75) is 76.9 Å². The van der Waals surface area contributed by atoms with Gasteiger partial charge in [-0.25, -0.2) is 14.2 Å². The van der Waals surface area contributed by atoms with Crippen LogP contribution in [0.5, 0.6) is 0 Å². The Hall–Kier alpha value is -6.85. The molecule has 17 heteroatoms. The van der Waals surface area contributed by atoms with Crippen molar-refractivity contribution in [3.8, 4) is 5.69 Å². The average Bonchev–Trinajstić information content (AvgIpc) is 4.09. The van der Waals surface area contributed by atoms with Gasteiger partial charge in [-0.3, -0.25) is 48.0 Å². The maximum atomic E-state index is 16.1. The number of carbonyl (C=O) groups excluding carboxylic acids is 3. The van der Waals surface area contributed by atoms with Gasteiger partial charge in [-0.05, 0) is 118 Å². The van der Waals surface area contributed by atoms with E-state index < -0.39 is 11.9 Å². The number of anilines is 2. The molecule has 0 bridgehead atoms. The lowest BCUT2D eigenvalue weighted by Gasteiger charge is -2.39. The van der Waals surface area contributed by atoms with Crippen molar-refractivity contribution in [3.05, 3.63) is 122 Å². The lowest BCUT2D eigenvalue weighted by atomic mass is 9.92. The van der Waals surface area contributed by atoms with E-state index in [2.05, 4.69) is 60.0 Å². The van der Waals surface area contributed by atoms with E-state index in [0.717, 1.165) is 121 Å². The molecule has 4 aromatic heterocycles. The van der Waals surface area contributed by atoms with Gasteiger partial charge in [-0.15, -0.1) is 0 Å². The average molecular weight is 964 g/mol. The molecule has 3 amide bonds. The van der Waals surface area contributed by atoms with E-state index in [0.29, 0.717) is 49.5 Å². The van der Waals surface area contributed by atoms with Gasteiger partial charge in [0, 0.05) is 144 Å². The zero-order valence-corrected chi connectivity index (χ0v) is 41.0. The number of imidazole rings is 1. The fourth-order valence-electron chi connectivity index (χ4n) is 11.8. The summed E-state index contributed by atoms with van der Waals surface area (Å²) in [5, 5.41) is 6.33. The lowest BCUT2D eigenvalue weighted by molar-refractivity contribution is -0.135. The summed E-state index contributed by atoms with van der Waals surface area (Å²) >= 11 is 0. The molecule has 1 aliphatic carbocycles. The SMILES string of the molecule is CNc1ccn(-c2ccnc3c2cc([C@H](C)N2CC=C(c4c(C)cc(C(=O)N5CCC(CN6CCN(c7ccc8c(c7)n(C7CC7)c(=O)n8[C@@H]7CCC(=O)NC7=O)CC6)CC5)cc4F)CC2)n3C)c(=O)c1. The number of piperazine rings is 1. The van der Waals surface area contributed by atoms with Crippen LogP contribution in [0.4, 0.5) is 15.8 Å². The van der Waals surface area contributed by atoms with Crippen molar-refractivity contribution in [2.24, 2.45) is 13.0 Å². The van der Waals surface area contributed by atoms with E-state index in [4.69, 9.17) is 0 Å². The Morgan fingerprint density at radius 3 is 2.35 bits per heavy atom. The molecular formula is C54H62FN11O5. The molecule has 3 saturated heterocycles. The van der Waals surface area contributed by atoms with Crippen molar-refractivity contribution in [1.29, 1.82) is 0 Å². The number of aromatic nitrogens is 5. The van der Waals surface area contributed by atoms with Gasteiger partial charge in [0.15, 0.2) is 0 Å². The number of likely N-dealkylation sites (tertiary alicyclic amines) is 1. The summed E-state index contributed by atoms with van der Waals surface area (Å²) in [6, 6.07) is 16.3. The van der Waals surface area contributed by atoms with Gasteiger partial charge in [0.25, 0.3) is 11.5 Å². The van der Waals surface area contributed by atoms with Gasteiger partial charge in [-0.2, -0.15) is 0 Å². The summed E-state index contributed by atoms with van der Waals surface area (Å²) in [6.45, 7) is 11.2. The second kappa shape index (κ2) is 18.7. The number of fused-ring (bicyclic) bond motifs is 2. The van der Waals surface area contributed by atoms with Crippen LogP contribution in [-0.4, -0.2) is 122 Å². The highest BCUT2D eigenvalue weighted by molar-refractivity contribution is 6.00. The number of carbonyl (C=O) groups is 3. The highest BCUT2D eigenvalue weighted by Gasteiger charge is 2.36. The first-order valence-electron chi connectivity index (χ1n) is 25.3. The number of benzene rings is 2. The number of hydrogen-bond acceptors (Lipinski definition) is 10. The molecule has 0 unspecified atom stereocenters. The molecule has 8 heterocycles. The first-order valence-corrected chi connectivity index (χ1v) is 25.3. The Kier molecular flexibility index (Phi) is 12.3. The van der Waals surface area contributed by atoms with Crippen LogP contribution >= 0.6 is 0 Å². The quantitative estimate of drug-likeness (QED) is 0.144. The Bertz CT molecular complexity index is 3230. The summed E-state index contributed by atoms with van der Waals surface area (Å²) in [5.41, 5.74) is 8.43. The molecule has 2 atom stereocenters. The van der Waals surface area contributed by atoms with Crippen LogP contribution in [0.2, 0.25) is 0 Å². The van der Waals surface area contributed by atoms with Gasteiger partial charge in [0.05, 0.1) is 16.7 Å². The first-order chi connectivity index (χ1) is 34.3. The van der Waals surface area contributed by atoms with Gasteiger partial charge >= 0.3 is 5.69 Å². The summed E-state index contributed by atoms with van der Waals surface area (Å²) < 4.78 is 23.3. The Labute approximate surface area is 411 Å². The second-order valence-electron chi connectivity index (χ2n) is 20.3. The number of nitrogens with zero attached hydrogens (tertiary/aromatic N) is 9. The molecule has 4 fully saturated rings. The van der Waals surface area contributed by atoms with Gasteiger partial charge < -0.3 is 19.7 Å². The van der Waals surface area contributed by atoms with Crippen LogP contribution < -0.4 is 26.8 Å². The minimum atomic E-state index is -0.696.